The minimum atomic E-state index is -4.40. The highest BCUT2D eigenvalue weighted by Crippen LogP contribution is 2.31. The standard InChI is InChI=1S/C25H23F3N2O4/c1-3-33-22(24(31)32)13-16-4-9-21-18(12-16)10-11-30(21)14-20-15(2)34-23(29-20)17-5-7-19(8-6-17)25(26,27)28/h4-12,22H,3,13-14H2,1-2H3,(H,31,32)/t22-/m0/s1. The van der Waals surface area contributed by atoms with Crippen LogP contribution in [-0.4, -0.2) is 33.3 Å². The van der Waals surface area contributed by atoms with Gasteiger partial charge >= 0.3 is 12.1 Å². The predicted molar refractivity (Wildman–Crippen MR) is 119 cm³/mol. The summed E-state index contributed by atoms with van der Waals surface area (Å²) in [7, 11) is 0. The number of fused-ring (bicyclic) bond motifs is 1. The second-order valence-corrected chi connectivity index (χ2v) is 7.92. The number of carboxylic acid groups (broad SMARTS) is 1. The fourth-order valence-corrected chi connectivity index (χ4v) is 3.81. The van der Waals surface area contributed by atoms with Crippen molar-refractivity contribution in [3.8, 4) is 11.5 Å². The van der Waals surface area contributed by atoms with E-state index < -0.39 is 23.8 Å². The lowest BCUT2D eigenvalue weighted by molar-refractivity contribution is -0.150. The Balaban J connectivity index is 1.54. The third-order valence-corrected chi connectivity index (χ3v) is 5.57. The third kappa shape index (κ3) is 4.99. The number of rotatable bonds is 8. The van der Waals surface area contributed by atoms with Crippen LogP contribution in [0.5, 0.6) is 0 Å². The summed E-state index contributed by atoms with van der Waals surface area (Å²) in [4.78, 5) is 15.9. The average molecular weight is 472 g/mol. The smallest absolute Gasteiger partial charge is 0.416 e. The summed E-state index contributed by atoms with van der Waals surface area (Å²) >= 11 is 0. The molecule has 0 aliphatic rings. The summed E-state index contributed by atoms with van der Waals surface area (Å²) in [6.45, 7) is 4.25. The molecule has 0 aliphatic heterocycles. The van der Waals surface area contributed by atoms with Crippen molar-refractivity contribution in [3.05, 3.63) is 77.3 Å². The molecule has 4 rings (SSSR count). The molecule has 2 aromatic carbocycles. The first kappa shape index (κ1) is 23.6. The molecule has 0 bridgehead atoms. The molecule has 0 fully saturated rings. The number of carboxylic acids is 1. The molecular formula is C25H23F3N2O4. The Labute approximate surface area is 193 Å². The number of carbonyl (C=O) groups is 1. The quantitative estimate of drug-likeness (QED) is 0.356. The SMILES string of the molecule is CCO[C@@H](Cc1ccc2c(ccn2Cc2nc(-c3ccc(C(F)(F)F)cc3)oc2C)c1)C(=O)O. The van der Waals surface area contributed by atoms with Crippen LogP contribution in [0, 0.1) is 6.92 Å². The van der Waals surface area contributed by atoms with Crippen molar-refractivity contribution < 1.29 is 32.2 Å². The number of aliphatic carboxylic acids is 1. The third-order valence-electron chi connectivity index (χ3n) is 5.57. The van der Waals surface area contributed by atoms with E-state index in [1.165, 1.54) is 12.1 Å². The average Bonchev–Trinajstić information content (AvgIpc) is 3.36. The summed E-state index contributed by atoms with van der Waals surface area (Å²) in [6.07, 6.45) is -3.13. The molecule has 4 aromatic rings. The summed E-state index contributed by atoms with van der Waals surface area (Å²) < 4.78 is 51.4. The minimum Gasteiger partial charge on any atom is -0.479 e. The van der Waals surface area contributed by atoms with Gasteiger partial charge in [0, 0.05) is 30.3 Å². The van der Waals surface area contributed by atoms with Crippen molar-refractivity contribution in [1.82, 2.24) is 9.55 Å². The lowest BCUT2D eigenvalue weighted by Gasteiger charge is -2.12. The maximum absolute atomic E-state index is 12.8. The summed E-state index contributed by atoms with van der Waals surface area (Å²) in [6, 6.07) is 12.4. The zero-order valence-electron chi connectivity index (χ0n) is 18.6. The van der Waals surface area contributed by atoms with Crippen LogP contribution in [0.4, 0.5) is 13.2 Å². The Kier molecular flexibility index (Phi) is 6.47. The zero-order valence-corrected chi connectivity index (χ0v) is 18.6. The number of hydrogen-bond donors (Lipinski definition) is 1. The summed E-state index contributed by atoms with van der Waals surface area (Å²) in [5.41, 5.74) is 2.19. The molecule has 0 aliphatic carbocycles. The van der Waals surface area contributed by atoms with Crippen LogP contribution in [0.15, 0.2) is 59.1 Å². The van der Waals surface area contributed by atoms with E-state index in [9.17, 15) is 23.1 Å². The van der Waals surface area contributed by atoms with E-state index in [1.807, 2.05) is 35.0 Å². The number of oxazole rings is 1. The monoisotopic (exact) mass is 472 g/mol. The predicted octanol–water partition coefficient (Wildman–Crippen LogP) is 5.70. The van der Waals surface area contributed by atoms with Crippen LogP contribution in [0.3, 0.4) is 0 Å². The molecule has 1 atom stereocenters. The number of hydrogen-bond acceptors (Lipinski definition) is 4. The lowest BCUT2D eigenvalue weighted by atomic mass is 10.1. The molecule has 9 heteroatoms. The molecule has 34 heavy (non-hydrogen) atoms. The molecule has 2 heterocycles. The van der Waals surface area contributed by atoms with E-state index >= 15 is 0 Å². The molecule has 0 spiro atoms. The normalized spacial score (nSPS) is 12.9. The molecule has 6 nitrogen and oxygen atoms in total. The Morgan fingerprint density at radius 1 is 1.18 bits per heavy atom. The van der Waals surface area contributed by atoms with Crippen LogP contribution in [0.1, 0.15) is 29.5 Å². The zero-order chi connectivity index (χ0) is 24.5. The highest BCUT2D eigenvalue weighted by molar-refractivity contribution is 5.81. The second kappa shape index (κ2) is 9.34. The van der Waals surface area contributed by atoms with Crippen molar-refractivity contribution >= 4 is 16.9 Å². The van der Waals surface area contributed by atoms with E-state index in [0.29, 0.717) is 30.2 Å². The van der Waals surface area contributed by atoms with Crippen LogP contribution in [0.25, 0.3) is 22.4 Å². The molecular weight excluding hydrogens is 449 g/mol. The van der Waals surface area contributed by atoms with Crippen molar-refractivity contribution in [2.75, 3.05) is 6.61 Å². The topological polar surface area (TPSA) is 77.5 Å². The minimum absolute atomic E-state index is 0.260. The van der Waals surface area contributed by atoms with Gasteiger partial charge in [0.2, 0.25) is 5.89 Å². The van der Waals surface area contributed by atoms with Gasteiger partial charge in [-0.3, -0.25) is 0 Å². The number of ether oxygens (including phenoxy) is 1. The molecule has 1 N–H and O–H groups in total. The van der Waals surface area contributed by atoms with Gasteiger partial charge in [-0.2, -0.15) is 13.2 Å². The first-order valence-electron chi connectivity index (χ1n) is 10.7. The van der Waals surface area contributed by atoms with E-state index in [0.717, 1.165) is 28.6 Å². The Morgan fingerprint density at radius 3 is 2.56 bits per heavy atom. The van der Waals surface area contributed by atoms with Crippen molar-refractivity contribution in [1.29, 1.82) is 0 Å². The highest BCUT2D eigenvalue weighted by atomic mass is 19.4. The van der Waals surface area contributed by atoms with Crippen LogP contribution < -0.4 is 0 Å². The fraction of sp³-hybridized carbons (Fsp3) is 0.280. The second-order valence-electron chi connectivity index (χ2n) is 7.92. The van der Waals surface area contributed by atoms with E-state index in [2.05, 4.69) is 4.98 Å². The largest absolute Gasteiger partial charge is 0.479 e. The number of aryl methyl sites for hydroxylation is 1. The lowest BCUT2D eigenvalue weighted by Crippen LogP contribution is -2.26. The van der Waals surface area contributed by atoms with Gasteiger partial charge in [-0.15, -0.1) is 0 Å². The Bertz CT molecular complexity index is 1310. The maximum Gasteiger partial charge on any atom is 0.416 e. The van der Waals surface area contributed by atoms with Crippen molar-refractivity contribution in [2.24, 2.45) is 0 Å². The van der Waals surface area contributed by atoms with Gasteiger partial charge in [-0.05, 0) is 67.3 Å². The van der Waals surface area contributed by atoms with Gasteiger partial charge in [0.05, 0.1) is 12.1 Å². The number of alkyl halides is 3. The van der Waals surface area contributed by atoms with Gasteiger partial charge in [0.15, 0.2) is 6.10 Å². The number of aromatic nitrogens is 2. The molecule has 0 amide bonds. The van der Waals surface area contributed by atoms with E-state index in [-0.39, 0.29) is 12.3 Å². The van der Waals surface area contributed by atoms with Crippen LogP contribution in [0.2, 0.25) is 0 Å². The fourth-order valence-electron chi connectivity index (χ4n) is 3.81. The Hall–Kier alpha value is -3.59. The van der Waals surface area contributed by atoms with Crippen molar-refractivity contribution in [2.45, 2.75) is 39.1 Å². The number of halogens is 3. The molecule has 2 aromatic heterocycles. The number of benzene rings is 2. The van der Waals surface area contributed by atoms with Gasteiger partial charge in [0.1, 0.15) is 11.5 Å². The van der Waals surface area contributed by atoms with Gasteiger partial charge < -0.3 is 18.8 Å². The molecule has 0 unspecified atom stereocenters. The summed E-state index contributed by atoms with van der Waals surface area (Å²) in [5.74, 6) is -0.158. The van der Waals surface area contributed by atoms with E-state index in [1.54, 1.807) is 13.8 Å². The van der Waals surface area contributed by atoms with E-state index in [4.69, 9.17) is 9.15 Å². The maximum atomic E-state index is 12.8. The molecule has 178 valence electrons. The van der Waals surface area contributed by atoms with Crippen LogP contribution in [-0.2, 0) is 28.7 Å². The molecule has 0 radical (unpaired) electrons. The molecule has 0 saturated carbocycles. The first-order valence-corrected chi connectivity index (χ1v) is 10.7. The number of nitrogens with zero attached hydrogens (tertiary/aromatic N) is 2. The van der Waals surface area contributed by atoms with Crippen LogP contribution >= 0.6 is 0 Å². The Morgan fingerprint density at radius 2 is 1.91 bits per heavy atom. The van der Waals surface area contributed by atoms with Gasteiger partial charge in [-0.1, -0.05) is 6.07 Å². The first-order chi connectivity index (χ1) is 16.2. The molecule has 0 saturated heterocycles. The highest BCUT2D eigenvalue weighted by Gasteiger charge is 2.30. The summed E-state index contributed by atoms with van der Waals surface area (Å²) in [5, 5.41) is 10.3. The van der Waals surface area contributed by atoms with Gasteiger partial charge in [-0.25, -0.2) is 9.78 Å². The van der Waals surface area contributed by atoms with Crippen molar-refractivity contribution in [3.63, 3.8) is 0 Å². The van der Waals surface area contributed by atoms with Gasteiger partial charge in [0.25, 0.3) is 0 Å².